The van der Waals surface area contributed by atoms with Gasteiger partial charge in [0.1, 0.15) is 18.0 Å². The molecule has 6 nitrogen and oxygen atoms in total. The van der Waals surface area contributed by atoms with Crippen LogP contribution in [-0.4, -0.2) is 31.8 Å². The molecule has 1 N–H and O–H groups in total. The van der Waals surface area contributed by atoms with E-state index in [9.17, 15) is 0 Å². The van der Waals surface area contributed by atoms with Crippen molar-refractivity contribution in [1.29, 1.82) is 0 Å². The van der Waals surface area contributed by atoms with E-state index in [0.29, 0.717) is 5.92 Å². The molecule has 20 heavy (non-hydrogen) atoms. The summed E-state index contributed by atoms with van der Waals surface area (Å²) in [7, 11) is 1.91. The van der Waals surface area contributed by atoms with Crippen LogP contribution in [0.4, 0.5) is 0 Å². The minimum absolute atomic E-state index is 0.0470. The van der Waals surface area contributed by atoms with Crippen LogP contribution in [-0.2, 0) is 13.0 Å². The van der Waals surface area contributed by atoms with Crippen molar-refractivity contribution in [3.63, 3.8) is 0 Å². The molecule has 0 aliphatic rings. The van der Waals surface area contributed by atoms with Gasteiger partial charge >= 0.3 is 0 Å². The number of nitrogens with zero attached hydrogens (tertiary/aromatic N) is 5. The molecule has 2 rings (SSSR count). The number of hydrogen-bond donors (Lipinski definition) is 1. The van der Waals surface area contributed by atoms with Crippen LogP contribution < -0.4 is 5.32 Å². The van der Waals surface area contributed by atoms with Gasteiger partial charge in [0.2, 0.25) is 0 Å². The number of aryl methyl sites for hydroxylation is 1. The molecule has 0 aliphatic carbocycles. The van der Waals surface area contributed by atoms with E-state index in [0.717, 1.165) is 30.2 Å². The van der Waals surface area contributed by atoms with Gasteiger partial charge in [-0.15, -0.1) is 0 Å². The average Bonchev–Trinajstić information content (AvgIpc) is 2.83. The fraction of sp³-hybridized carbons (Fsp3) is 0.571. The van der Waals surface area contributed by atoms with Crippen molar-refractivity contribution in [2.75, 3.05) is 7.05 Å². The van der Waals surface area contributed by atoms with Gasteiger partial charge in [-0.05, 0) is 25.5 Å². The molecule has 0 amide bonds. The third-order valence-electron chi connectivity index (χ3n) is 3.08. The van der Waals surface area contributed by atoms with Gasteiger partial charge in [0, 0.05) is 25.4 Å². The summed E-state index contributed by atoms with van der Waals surface area (Å²) in [6.45, 7) is 7.20. The third-order valence-corrected chi connectivity index (χ3v) is 3.08. The van der Waals surface area contributed by atoms with E-state index in [-0.39, 0.29) is 6.04 Å². The Balaban J connectivity index is 2.14. The van der Waals surface area contributed by atoms with Gasteiger partial charge in [-0.25, -0.2) is 19.6 Å². The normalized spacial score (nSPS) is 12.8. The first kappa shape index (κ1) is 14.6. The molecular formula is C14H22N6. The maximum Gasteiger partial charge on any atom is 0.145 e. The predicted molar refractivity (Wildman–Crippen MR) is 77.1 cm³/mol. The average molecular weight is 274 g/mol. The third kappa shape index (κ3) is 3.60. The minimum atomic E-state index is 0.0470. The summed E-state index contributed by atoms with van der Waals surface area (Å²) in [5.41, 5.74) is 1.06. The van der Waals surface area contributed by atoms with Crippen LogP contribution >= 0.6 is 0 Å². The van der Waals surface area contributed by atoms with E-state index in [1.807, 2.05) is 31.0 Å². The lowest BCUT2D eigenvalue weighted by atomic mass is 10.1. The first-order valence-electron chi connectivity index (χ1n) is 6.92. The number of nitrogens with one attached hydrogen (secondary N) is 1. The molecule has 0 aromatic carbocycles. The van der Waals surface area contributed by atoms with Gasteiger partial charge in [-0.1, -0.05) is 13.8 Å². The molecule has 6 heteroatoms. The molecule has 0 spiro atoms. The van der Waals surface area contributed by atoms with E-state index in [4.69, 9.17) is 0 Å². The molecule has 0 radical (unpaired) electrons. The quantitative estimate of drug-likeness (QED) is 0.865. The highest BCUT2D eigenvalue weighted by Crippen LogP contribution is 2.13. The highest BCUT2D eigenvalue weighted by Gasteiger charge is 2.17. The summed E-state index contributed by atoms with van der Waals surface area (Å²) in [6.07, 6.45) is 6.02. The molecule has 0 bridgehead atoms. The van der Waals surface area contributed by atoms with E-state index in [2.05, 4.69) is 39.2 Å². The maximum atomic E-state index is 4.39. The lowest BCUT2D eigenvalue weighted by molar-refractivity contribution is 0.447. The monoisotopic (exact) mass is 274 g/mol. The first-order valence-corrected chi connectivity index (χ1v) is 6.92. The second kappa shape index (κ2) is 6.56. The molecule has 1 atom stereocenters. The standard InChI is InChI=1S/C14H22N6/c1-10(2)8-20-13(18-9-19-20)5-12(15-4)14-16-6-11(3)7-17-14/h6-7,9-10,12,15H,5,8H2,1-4H3. The van der Waals surface area contributed by atoms with E-state index < -0.39 is 0 Å². The van der Waals surface area contributed by atoms with E-state index in [1.54, 1.807) is 6.33 Å². The van der Waals surface area contributed by atoms with Crippen LogP contribution in [0.5, 0.6) is 0 Å². The summed E-state index contributed by atoms with van der Waals surface area (Å²) in [5, 5.41) is 7.54. The highest BCUT2D eigenvalue weighted by atomic mass is 15.3. The lowest BCUT2D eigenvalue weighted by Crippen LogP contribution is -2.23. The van der Waals surface area contributed by atoms with Crippen molar-refractivity contribution in [2.24, 2.45) is 5.92 Å². The van der Waals surface area contributed by atoms with Gasteiger partial charge < -0.3 is 5.32 Å². The highest BCUT2D eigenvalue weighted by molar-refractivity contribution is 5.06. The van der Waals surface area contributed by atoms with Crippen molar-refractivity contribution < 1.29 is 0 Å². The van der Waals surface area contributed by atoms with Crippen LogP contribution in [0.15, 0.2) is 18.7 Å². The topological polar surface area (TPSA) is 68.5 Å². The number of likely N-dealkylation sites (N-methyl/N-ethyl adjacent to an activating group) is 1. The van der Waals surface area contributed by atoms with E-state index in [1.165, 1.54) is 0 Å². The second-order valence-corrected chi connectivity index (χ2v) is 5.42. The Morgan fingerprint density at radius 3 is 2.50 bits per heavy atom. The van der Waals surface area contributed by atoms with Crippen LogP contribution in [0, 0.1) is 12.8 Å². The summed E-state index contributed by atoms with van der Waals surface area (Å²) in [5.74, 6) is 2.29. The Hall–Kier alpha value is -1.82. The van der Waals surface area contributed by atoms with Crippen LogP contribution in [0.3, 0.4) is 0 Å². The number of aromatic nitrogens is 5. The number of rotatable bonds is 6. The Bertz CT molecular complexity index is 531. The fourth-order valence-electron chi connectivity index (χ4n) is 2.03. The van der Waals surface area contributed by atoms with Gasteiger partial charge in [-0.2, -0.15) is 5.10 Å². The molecule has 0 saturated carbocycles. The molecule has 108 valence electrons. The van der Waals surface area contributed by atoms with Crippen molar-refractivity contribution in [3.05, 3.63) is 35.9 Å². The zero-order valence-electron chi connectivity index (χ0n) is 12.5. The van der Waals surface area contributed by atoms with E-state index >= 15 is 0 Å². The first-order chi connectivity index (χ1) is 9.60. The Kier molecular flexibility index (Phi) is 4.79. The molecular weight excluding hydrogens is 252 g/mol. The molecule has 2 heterocycles. The van der Waals surface area contributed by atoms with Gasteiger partial charge in [0.25, 0.3) is 0 Å². The maximum absolute atomic E-state index is 4.39. The zero-order valence-corrected chi connectivity index (χ0v) is 12.5. The molecule has 0 fully saturated rings. The Morgan fingerprint density at radius 2 is 1.90 bits per heavy atom. The van der Waals surface area contributed by atoms with Gasteiger partial charge in [0.15, 0.2) is 0 Å². The van der Waals surface area contributed by atoms with Crippen LogP contribution in [0.2, 0.25) is 0 Å². The molecule has 1 unspecified atom stereocenters. The molecule has 2 aromatic rings. The SMILES string of the molecule is CNC(Cc1ncnn1CC(C)C)c1ncc(C)cn1. The van der Waals surface area contributed by atoms with Crippen LogP contribution in [0.1, 0.15) is 37.1 Å². The molecule has 2 aromatic heterocycles. The summed E-state index contributed by atoms with van der Waals surface area (Å²) in [6, 6.07) is 0.0470. The van der Waals surface area contributed by atoms with Crippen molar-refractivity contribution >= 4 is 0 Å². The van der Waals surface area contributed by atoms with Crippen LogP contribution in [0.25, 0.3) is 0 Å². The summed E-state index contributed by atoms with van der Waals surface area (Å²) in [4.78, 5) is 13.1. The summed E-state index contributed by atoms with van der Waals surface area (Å²) >= 11 is 0. The Labute approximate surface area is 119 Å². The van der Waals surface area contributed by atoms with Crippen molar-refractivity contribution in [1.82, 2.24) is 30.0 Å². The fourth-order valence-corrected chi connectivity index (χ4v) is 2.03. The Morgan fingerprint density at radius 1 is 1.20 bits per heavy atom. The zero-order chi connectivity index (χ0) is 14.5. The number of hydrogen-bond acceptors (Lipinski definition) is 5. The molecule has 0 aliphatic heterocycles. The smallest absolute Gasteiger partial charge is 0.145 e. The summed E-state index contributed by atoms with van der Waals surface area (Å²) < 4.78 is 1.96. The van der Waals surface area contributed by atoms with Crippen molar-refractivity contribution in [3.8, 4) is 0 Å². The second-order valence-electron chi connectivity index (χ2n) is 5.42. The van der Waals surface area contributed by atoms with Gasteiger partial charge in [-0.3, -0.25) is 0 Å². The lowest BCUT2D eigenvalue weighted by Gasteiger charge is -2.15. The van der Waals surface area contributed by atoms with Crippen molar-refractivity contribution in [2.45, 2.75) is 39.8 Å². The minimum Gasteiger partial charge on any atom is -0.310 e. The predicted octanol–water partition coefficient (Wildman–Crippen LogP) is 1.54. The largest absolute Gasteiger partial charge is 0.310 e. The van der Waals surface area contributed by atoms with Gasteiger partial charge in [0.05, 0.1) is 6.04 Å². The molecule has 0 saturated heterocycles.